The van der Waals surface area contributed by atoms with E-state index in [1.54, 1.807) is 0 Å². The van der Waals surface area contributed by atoms with E-state index in [1.165, 1.54) is 4.90 Å². The molecule has 2 heterocycles. The Morgan fingerprint density at radius 2 is 1.79 bits per heavy atom. The van der Waals surface area contributed by atoms with Crippen LogP contribution in [0.1, 0.15) is 35.2 Å². The SMILES string of the molecule is O=C(NCCc1c[nH]c2ccccc12)[C@@H]1CC12CCN(C(=O)c1c(F)ccc(F)c1F)CC2. The first kappa shape index (κ1) is 21.6. The number of likely N-dealkylation sites (tertiary alicyclic amines) is 1. The number of aromatic amines is 1. The molecule has 1 aromatic heterocycles. The first-order valence-corrected chi connectivity index (χ1v) is 11.2. The molecule has 1 saturated carbocycles. The van der Waals surface area contributed by atoms with E-state index < -0.39 is 28.9 Å². The Labute approximate surface area is 189 Å². The average Bonchev–Trinajstić information content (AvgIpc) is 3.36. The lowest BCUT2D eigenvalue weighted by molar-refractivity contribution is -0.123. The molecule has 3 aromatic rings. The zero-order valence-corrected chi connectivity index (χ0v) is 18.0. The topological polar surface area (TPSA) is 65.2 Å². The number of halogens is 3. The highest BCUT2D eigenvalue weighted by Crippen LogP contribution is 2.59. The fraction of sp³-hybridized carbons (Fsp3) is 0.360. The van der Waals surface area contributed by atoms with Crippen molar-refractivity contribution in [3.8, 4) is 0 Å². The Morgan fingerprint density at radius 3 is 2.58 bits per heavy atom. The molecule has 172 valence electrons. The molecule has 2 aromatic carbocycles. The smallest absolute Gasteiger partial charge is 0.259 e. The van der Waals surface area contributed by atoms with E-state index in [9.17, 15) is 22.8 Å². The molecule has 0 bridgehead atoms. The minimum Gasteiger partial charge on any atom is -0.361 e. The van der Waals surface area contributed by atoms with Crippen molar-refractivity contribution in [1.82, 2.24) is 15.2 Å². The number of hydrogen-bond donors (Lipinski definition) is 2. The number of nitrogens with zero attached hydrogens (tertiary/aromatic N) is 1. The van der Waals surface area contributed by atoms with Crippen LogP contribution in [0, 0.1) is 28.8 Å². The van der Waals surface area contributed by atoms with E-state index >= 15 is 0 Å². The van der Waals surface area contributed by atoms with E-state index in [0.29, 0.717) is 25.5 Å². The summed E-state index contributed by atoms with van der Waals surface area (Å²) in [5.74, 6) is -4.73. The predicted molar refractivity (Wildman–Crippen MR) is 117 cm³/mol. The van der Waals surface area contributed by atoms with Crippen LogP contribution in [-0.4, -0.2) is 41.3 Å². The molecule has 2 amide bonds. The Bertz CT molecular complexity index is 1230. The second-order valence-corrected chi connectivity index (χ2v) is 9.03. The van der Waals surface area contributed by atoms with Crippen LogP contribution in [0.15, 0.2) is 42.6 Å². The van der Waals surface area contributed by atoms with Crippen molar-refractivity contribution < 1.29 is 22.8 Å². The number of piperidine rings is 1. The molecule has 5 rings (SSSR count). The number of rotatable bonds is 5. The van der Waals surface area contributed by atoms with Crippen LogP contribution in [0.25, 0.3) is 10.9 Å². The highest BCUT2D eigenvalue weighted by Gasteiger charge is 2.58. The molecule has 1 atom stereocenters. The van der Waals surface area contributed by atoms with Gasteiger partial charge in [0.1, 0.15) is 11.4 Å². The minimum absolute atomic E-state index is 0.0110. The first-order chi connectivity index (χ1) is 15.9. The number of aromatic nitrogens is 1. The van der Waals surface area contributed by atoms with E-state index in [0.717, 1.165) is 35.4 Å². The van der Waals surface area contributed by atoms with Gasteiger partial charge >= 0.3 is 0 Å². The van der Waals surface area contributed by atoms with Crippen molar-refractivity contribution >= 4 is 22.7 Å². The normalized spacial score (nSPS) is 19.1. The average molecular weight is 455 g/mol. The zero-order valence-electron chi connectivity index (χ0n) is 18.0. The van der Waals surface area contributed by atoms with Crippen molar-refractivity contribution in [3.05, 3.63) is 71.2 Å². The molecular formula is C25H24F3N3O2. The first-order valence-electron chi connectivity index (χ1n) is 11.2. The molecule has 2 aliphatic rings. The molecule has 33 heavy (non-hydrogen) atoms. The maximum Gasteiger partial charge on any atom is 0.259 e. The van der Waals surface area contributed by atoms with Crippen molar-refractivity contribution in [1.29, 1.82) is 0 Å². The van der Waals surface area contributed by atoms with E-state index in [1.807, 2.05) is 24.4 Å². The molecule has 0 radical (unpaired) electrons. The number of nitrogens with one attached hydrogen (secondary N) is 2. The van der Waals surface area contributed by atoms with Gasteiger partial charge in [0.2, 0.25) is 5.91 Å². The highest BCUT2D eigenvalue weighted by molar-refractivity contribution is 5.95. The number of carbonyl (C=O) groups is 2. The van der Waals surface area contributed by atoms with Crippen molar-refractivity contribution in [2.75, 3.05) is 19.6 Å². The number of carbonyl (C=O) groups excluding carboxylic acids is 2. The van der Waals surface area contributed by atoms with Gasteiger partial charge in [0, 0.05) is 42.7 Å². The quantitative estimate of drug-likeness (QED) is 0.567. The summed E-state index contributed by atoms with van der Waals surface area (Å²) in [6.45, 7) is 1.11. The number of benzene rings is 2. The van der Waals surface area contributed by atoms with Crippen molar-refractivity contribution in [2.45, 2.75) is 25.7 Å². The number of para-hydroxylation sites is 1. The molecule has 1 aliphatic carbocycles. The molecule has 1 aliphatic heterocycles. The van der Waals surface area contributed by atoms with Crippen LogP contribution in [0.2, 0.25) is 0 Å². The van der Waals surface area contributed by atoms with Gasteiger partial charge in [0.25, 0.3) is 5.91 Å². The Morgan fingerprint density at radius 1 is 1.06 bits per heavy atom. The summed E-state index contributed by atoms with van der Waals surface area (Å²) < 4.78 is 41.4. The molecule has 2 N–H and O–H groups in total. The van der Waals surface area contributed by atoms with Gasteiger partial charge in [-0.2, -0.15) is 0 Å². The predicted octanol–water partition coefficient (Wildman–Crippen LogP) is 4.19. The lowest BCUT2D eigenvalue weighted by Gasteiger charge is -2.33. The monoisotopic (exact) mass is 455 g/mol. The summed E-state index contributed by atoms with van der Waals surface area (Å²) in [6.07, 6.45) is 4.60. The standard InChI is InChI=1S/C25H24F3N3O2/c26-18-5-6-19(27)22(28)21(18)24(33)31-11-8-25(9-12-31)13-17(25)23(32)29-10-7-15-14-30-20-4-2-1-3-16(15)20/h1-6,14,17,30H,7-13H2,(H,29,32)/t17-/m0/s1. The molecular weight excluding hydrogens is 431 g/mol. The summed E-state index contributed by atoms with van der Waals surface area (Å²) in [5.41, 5.74) is 1.20. The van der Waals surface area contributed by atoms with Crippen LogP contribution in [0.4, 0.5) is 13.2 Å². The summed E-state index contributed by atoms with van der Waals surface area (Å²) in [5, 5.41) is 4.18. The van der Waals surface area contributed by atoms with E-state index in [-0.39, 0.29) is 30.3 Å². The van der Waals surface area contributed by atoms with Crippen LogP contribution in [0.3, 0.4) is 0 Å². The number of hydrogen-bond acceptors (Lipinski definition) is 2. The van der Waals surface area contributed by atoms with Gasteiger partial charge in [-0.15, -0.1) is 0 Å². The number of amides is 2. The minimum atomic E-state index is -1.46. The Balaban J connectivity index is 1.14. The van der Waals surface area contributed by atoms with Gasteiger partial charge in [0.05, 0.1) is 0 Å². The van der Waals surface area contributed by atoms with Crippen molar-refractivity contribution in [2.24, 2.45) is 11.3 Å². The zero-order chi connectivity index (χ0) is 23.2. The third-order valence-corrected chi connectivity index (χ3v) is 7.18. The highest BCUT2D eigenvalue weighted by atomic mass is 19.2. The van der Waals surface area contributed by atoms with Crippen LogP contribution in [-0.2, 0) is 11.2 Å². The molecule has 8 heteroatoms. The Hall–Kier alpha value is -3.29. The lowest BCUT2D eigenvalue weighted by Crippen LogP contribution is -2.41. The maximum atomic E-state index is 14.0. The maximum absolute atomic E-state index is 14.0. The third kappa shape index (κ3) is 3.87. The summed E-state index contributed by atoms with van der Waals surface area (Å²) in [6, 6.07) is 9.45. The van der Waals surface area contributed by atoms with Crippen molar-refractivity contribution in [3.63, 3.8) is 0 Å². The molecule has 2 fully saturated rings. The fourth-order valence-electron chi connectivity index (χ4n) is 5.09. The van der Waals surface area contributed by atoms with E-state index in [2.05, 4.69) is 16.4 Å². The second kappa shape index (κ2) is 8.24. The van der Waals surface area contributed by atoms with Gasteiger partial charge in [-0.3, -0.25) is 9.59 Å². The van der Waals surface area contributed by atoms with Gasteiger partial charge in [-0.1, -0.05) is 18.2 Å². The van der Waals surface area contributed by atoms with Gasteiger partial charge < -0.3 is 15.2 Å². The van der Waals surface area contributed by atoms with E-state index in [4.69, 9.17) is 0 Å². The molecule has 5 nitrogen and oxygen atoms in total. The largest absolute Gasteiger partial charge is 0.361 e. The molecule has 1 saturated heterocycles. The third-order valence-electron chi connectivity index (χ3n) is 7.18. The van der Waals surface area contributed by atoms with Gasteiger partial charge in [0.15, 0.2) is 11.6 Å². The van der Waals surface area contributed by atoms with Crippen LogP contribution in [0.5, 0.6) is 0 Å². The van der Waals surface area contributed by atoms with Crippen LogP contribution < -0.4 is 5.32 Å². The fourth-order valence-corrected chi connectivity index (χ4v) is 5.09. The second-order valence-electron chi connectivity index (χ2n) is 9.03. The number of fused-ring (bicyclic) bond motifs is 1. The lowest BCUT2D eigenvalue weighted by atomic mass is 9.90. The van der Waals surface area contributed by atoms with Gasteiger partial charge in [-0.05, 0) is 54.9 Å². The number of H-pyrrole nitrogens is 1. The summed E-state index contributed by atoms with van der Waals surface area (Å²) >= 11 is 0. The molecule has 0 unspecified atom stereocenters. The summed E-state index contributed by atoms with van der Waals surface area (Å²) in [7, 11) is 0. The van der Waals surface area contributed by atoms with Gasteiger partial charge in [-0.25, -0.2) is 13.2 Å². The summed E-state index contributed by atoms with van der Waals surface area (Å²) in [4.78, 5) is 29.9. The molecule has 1 spiro atoms. The Kier molecular flexibility index (Phi) is 5.38. The van der Waals surface area contributed by atoms with Crippen LogP contribution >= 0.6 is 0 Å².